The first-order chi connectivity index (χ1) is 14.8. The van der Waals surface area contributed by atoms with Gasteiger partial charge in [0.2, 0.25) is 10.0 Å². The lowest BCUT2D eigenvalue weighted by Gasteiger charge is -2.26. The van der Waals surface area contributed by atoms with Gasteiger partial charge in [-0.15, -0.1) is 0 Å². The lowest BCUT2D eigenvalue weighted by molar-refractivity contribution is -0.122. The van der Waals surface area contributed by atoms with Gasteiger partial charge in [-0.2, -0.15) is 4.31 Å². The fourth-order valence-electron chi connectivity index (χ4n) is 3.75. The van der Waals surface area contributed by atoms with Crippen LogP contribution in [0.1, 0.15) is 42.1 Å². The first-order valence-electron chi connectivity index (χ1n) is 10.3. The summed E-state index contributed by atoms with van der Waals surface area (Å²) in [5.74, 6) is -0.164. The van der Waals surface area contributed by atoms with Crippen molar-refractivity contribution < 1.29 is 22.7 Å². The number of nitrogens with zero attached hydrogens (tertiary/aromatic N) is 1. The molecule has 164 valence electrons. The molecule has 1 saturated heterocycles. The highest BCUT2D eigenvalue weighted by atomic mass is 32.2. The van der Waals surface area contributed by atoms with Crippen molar-refractivity contribution in [1.82, 2.24) is 4.31 Å². The smallest absolute Gasteiger partial charge is 0.265 e. The maximum Gasteiger partial charge on any atom is 0.265 e. The Labute approximate surface area is 181 Å². The molecule has 9 heteroatoms. The van der Waals surface area contributed by atoms with Crippen molar-refractivity contribution in [2.75, 3.05) is 23.7 Å². The number of ether oxygens (including phenoxy) is 1. The number of carbonyl (C=O) groups is 2. The third kappa shape index (κ3) is 4.28. The zero-order valence-corrected chi connectivity index (χ0v) is 18.3. The Morgan fingerprint density at radius 2 is 1.87 bits per heavy atom. The number of piperidine rings is 1. The van der Waals surface area contributed by atoms with Gasteiger partial charge in [0, 0.05) is 24.3 Å². The monoisotopic (exact) mass is 443 g/mol. The Kier molecular flexibility index (Phi) is 5.72. The van der Waals surface area contributed by atoms with Crippen LogP contribution in [0.15, 0.2) is 41.3 Å². The number of aryl methyl sites for hydroxylation is 1. The second-order valence-electron chi connectivity index (χ2n) is 7.86. The van der Waals surface area contributed by atoms with E-state index in [0.717, 1.165) is 19.3 Å². The minimum atomic E-state index is -3.64. The Balaban J connectivity index is 1.57. The van der Waals surface area contributed by atoms with E-state index in [1.807, 2.05) is 0 Å². The molecule has 0 spiro atoms. The predicted octanol–water partition coefficient (Wildman–Crippen LogP) is 3.14. The van der Waals surface area contributed by atoms with Gasteiger partial charge in [-0.25, -0.2) is 8.42 Å². The van der Waals surface area contributed by atoms with Crippen molar-refractivity contribution in [3.8, 4) is 5.75 Å². The number of nitrogens with one attached hydrogen (secondary N) is 2. The highest BCUT2D eigenvalue weighted by Gasteiger charge is 2.27. The van der Waals surface area contributed by atoms with Crippen LogP contribution >= 0.6 is 0 Å². The van der Waals surface area contributed by atoms with E-state index in [2.05, 4.69) is 10.6 Å². The van der Waals surface area contributed by atoms with Crippen LogP contribution in [-0.2, 0) is 14.8 Å². The average Bonchev–Trinajstić information content (AvgIpc) is 2.75. The molecular formula is C22H25N3O5S. The molecule has 0 aliphatic carbocycles. The van der Waals surface area contributed by atoms with Crippen molar-refractivity contribution >= 4 is 33.2 Å². The molecule has 1 fully saturated rings. The van der Waals surface area contributed by atoms with E-state index in [9.17, 15) is 18.0 Å². The van der Waals surface area contributed by atoms with Crippen LogP contribution in [0, 0.1) is 6.92 Å². The van der Waals surface area contributed by atoms with Crippen molar-refractivity contribution in [3.63, 3.8) is 0 Å². The van der Waals surface area contributed by atoms with Crippen molar-refractivity contribution in [3.05, 3.63) is 47.5 Å². The standard InChI is InChI=1S/C22H25N3O5S/c1-14-6-8-17(31(28,29)25-10-4-3-5-11-25)13-18(14)22(27)23-16-7-9-20-19(12-16)24-21(26)15(2)30-20/h6-9,12-13,15H,3-5,10-11H2,1-2H3,(H,23,27)(H,24,26). The van der Waals surface area contributed by atoms with E-state index >= 15 is 0 Å². The molecule has 2 aromatic carbocycles. The fraction of sp³-hybridized carbons (Fsp3) is 0.364. The fourth-order valence-corrected chi connectivity index (χ4v) is 5.29. The number of carbonyl (C=O) groups excluding carboxylic acids is 2. The van der Waals surface area contributed by atoms with Crippen molar-refractivity contribution in [2.45, 2.75) is 44.1 Å². The molecule has 0 saturated carbocycles. The number of amides is 2. The molecule has 4 rings (SSSR count). The molecule has 0 bridgehead atoms. The van der Waals surface area contributed by atoms with Gasteiger partial charge in [-0.05, 0) is 62.6 Å². The SMILES string of the molecule is Cc1ccc(S(=O)(=O)N2CCCCC2)cc1C(=O)Nc1ccc2c(c1)NC(=O)C(C)O2. The summed E-state index contributed by atoms with van der Waals surface area (Å²) in [7, 11) is -3.64. The molecular weight excluding hydrogens is 418 g/mol. The molecule has 1 unspecified atom stereocenters. The Morgan fingerprint density at radius 3 is 2.61 bits per heavy atom. The van der Waals surface area contributed by atoms with Crippen LogP contribution in [0.5, 0.6) is 5.75 Å². The van der Waals surface area contributed by atoms with Gasteiger partial charge < -0.3 is 15.4 Å². The number of anilines is 2. The molecule has 2 aliphatic rings. The zero-order valence-electron chi connectivity index (χ0n) is 17.5. The summed E-state index contributed by atoms with van der Waals surface area (Å²) in [6, 6.07) is 9.58. The highest BCUT2D eigenvalue weighted by molar-refractivity contribution is 7.89. The van der Waals surface area contributed by atoms with Gasteiger partial charge in [0.05, 0.1) is 10.6 Å². The van der Waals surface area contributed by atoms with E-state index < -0.39 is 22.0 Å². The van der Waals surface area contributed by atoms with Crippen LogP contribution in [0.4, 0.5) is 11.4 Å². The molecule has 2 heterocycles. The van der Waals surface area contributed by atoms with Gasteiger partial charge in [-0.3, -0.25) is 9.59 Å². The van der Waals surface area contributed by atoms with Crippen LogP contribution in [0.2, 0.25) is 0 Å². The summed E-state index contributed by atoms with van der Waals surface area (Å²) in [5, 5.41) is 5.52. The molecule has 2 aliphatic heterocycles. The Hall–Kier alpha value is -2.91. The predicted molar refractivity (Wildman–Crippen MR) is 117 cm³/mol. The van der Waals surface area contributed by atoms with Gasteiger partial charge in [0.1, 0.15) is 5.75 Å². The van der Waals surface area contributed by atoms with E-state index in [1.165, 1.54) is 10.4 Å². The minimum absolute atomic E-state index is 0.116. The number of hydrogen-bond donors (Lipinski definition) is 2. The van der Waals surface area contributed by atoms with Crippen molar-refractivity contribution in [2.24, 2.45) is 0 Å². The van der Waals surface area contributed by atoms with Gasteiger partial charge in [0.15, 0.2) is 6.10 Å². The third-order valence-electron chi connectivity index (χ3n) is 5.57. The van der Waals surface area contributed by atoms with Crippen LogP contribution in [-0.4, -0.2) is 43.7 Å². The average molecular weight is 444 g/mol. The quantitative estimate of drug-likeness (QED) is 0.755. The summed E-state index contributed by atoms with van der Waals surface area (Å²) in [6.07, 6.45) is 2.13. The molecule has 0 radical (unpaired) electrons. The van der Waals surface area contributed by atoms with Crippen LogP contribution < -0.4 is 15.4 Å². The Bertz CT molecular complexity index is 1140. The number of rotatable bonds is 4. The summed E-state index contributed by atoms with van der Waals surface area (Å²) in [6.45, 7) is 4.41. The number of hydrogen-bond acceptors (Lipinski definition) is 5. The summed E-state index contributed by atoms with van der Waals surface area (Å²) < 4.78 is 33.0. The molecule has 2 amide bonds. The lowest BCUT2D eigenvalue weighted by Crippen LogP contribution is -2.35. The van der Waals surface area contributed by atoms with Gasteiger partial charge in [0.25, 0.3) is 11.8 Å². The lowest BCUT2D eigenvalue weighted by atomic mass is 10.1. The van der Waals surface area contributed by atoms with Gasteiger partial charge >= 0.3 is 0 Å². The maximum atomic E-state index is 13.0. The molecule has 8 nitrogen and oxygen atoms in total. The normalized spacial score (nSPS) is 19.2. The third-order valence-corrected chi connectivity index (χ3v) is 7.47. The van der Waals surface area contributed by atoms with E-state index in [4.69, 9.17) is 4.74 Å². The second-order valence-corrected chi connectivity index (χ2v) is 9.79. The van der Waals surface area contributed by atoms with Gasteiger partial charge in [-0.1, -0.05) is 12.5 Å². The largest absolute Gasteiger partial charge is 0.479 e. The van der Waals surface area contributed by atoms with Crippen molar-refractivity contribution in [1.29, 1.82) is 0 Å². The summed E-state index contributed by atoms with van der Waals surface area (Å²) in [4.78, 5) is 24.9. The maximum absolute atomic E-state index is 13.0. The molecule has 31 heavy (non-hydrogen) atoms. The number of fused-ring (bicyclic) bond motifs is 1. The number of benzene rings is 2. The van der Waals surface area contributed by atoms with E-state index in [1.54, 1.807) is 44.2 Å². The topological polar surface area (TPSA) is 105 Å². The molecule has 1 atom stereocenters. The van der Waals surface area contributed by atoms with E-state index in [0.29, 0.717) is 35.8 Å². The molecule has 2 N–H and O–H groups in total. The second kappa shape index (κ2) is 8.32. The zero-order chi connectivity index (χ0) is 22.2. The minimum Gasteiger partial charge on any atom is -0.479 e. The Morgan fingerprint density at radius 1 is 1.13 bits per heavy atom. The van der Waals surface area contributed by atoms with Crippen LogP contribution in [0.3, 0.4) is 0 Å². The first kappa shape index (κ1) is 21.3. The molecule has 2 aromatic rings. The van der Waals surface area contributed by atoms with Crippen LogP contribution in [0.25, 0.3) is 0 Å². The number of sulfonamides is 1. The summed E-state index contributed by atoms with van der Waals surface area (Å²) in [5.41, 5.74) is 1.88. The van der Waals surface area contributed by atoms with E-state index in [-0.39, 0.29) is 16.4 Å². The molecule has 0 aromatic heterocycles. The first-order valence-corrected chi connectivity index (χ1v) is 11.7. The highest BCUT2D eigenvalue weighted by Crippen LogP contribution is 2.32. The summed E-state index contributed by atoms with van der Waals surface area (Å²) >= 11 is 0.